The number of H-pyrrole nitrogens is 1. The second-order valence-corrected chi connectivity index (χ2v) is 6.30. The number of benzene rings is 1. The summed E-state index contributed by atoms with van der Waals surface area (Å²) in [5, 5.41) is 0. The first-order valence-electron chi connectivity index (χ1n) is 8.27. The summed E-state index contributed by atoms with van der Waals surface area (Å²) in [5.74, 6) is 1.35. The Morgan fingerprint density at radius 2 is 2.00 bits per heavy atom. The molecule has 3 aromatic rings. The molecule has 0 saturated carbocycles. The number of carbonyl (C=O) groups excluding carboxylic acids is 1. The van der Waals surface area contributed by atoms with Crippen LogP contribution in [-0.4, -0.2) is 22.3 Å². The number of nitrogens with one attached hydrogen (secondary N) is 1. The van der Waals surface area contributed by atoms with E-state index in [2.05, 4.69) is 4.98 Å². The van der Waals surface area contributed by atoms with Gasteiger partial charge < -0.3 is 14.3 Å². The molecule has 5 nitrogen and oxygen atoms in total. The van der Waals surface area contributed by atoms with Crippen LogP contribution >= 0.6 is 0 Å². The number of nitrogens with zero attached hydrogens (tertiary/aromatic N) is 1. The van der Waals surface area contributed by atoms with E-state index in [1.165, 1.54) is 12.3 Å². The highest BCUT2D eigenvalue weighted by molar-refractivity contribution is 5.94. The average Bonchev–Trinajstić information content (AvgIpc) is 3.05. The first kappa shape index (κ1) is 15.4. The topological polar surface area (TPSA) is 66.3 Å². The second kappa shape index (κ2) is 6.09. The van der Waals surface area contributed by atoms with E-state index < -0.39 is 0 Å². The first-order chi connectivity index (χ1) is 12.1. The zero-order valence-electron chi connectivity index (χ0n) is 13.9. The number of furan rings is 1. The molecule has 0 saturated heterocycles. The lowest BCUT2D eigenvalue weighted by Crippen LogP contribution is -2.37. The molecular weight excluding hydrogens is 316 g/mol. The molecule has 0 atom stereocenters. The Morgan fingerprint density at radius 1 is 1.20 bits per heavy atom. The number of aromatic nitrogens is 1. The molecule has 1 aliphatic rings. The van der Waals surface area contributed by atoms with Gasteiger partial charge in [-0.1, -0.05) is 30.3 Å². The number of hydrogen-bond acceptors (Lipinski definition) is 3. The van der Waals surface area contributed by atoms with E-state index in [0.717, 1.165) is 34.8 Å². The largest absolute Gasteiger partial charge is 0.459 e. The molecule has 1 aromatic carbocycles. The zero-order valence-corrected chi connectivity index (χ0v) is 13.9. The summed E-state index contributed by atoms with van der Waals surface area (Å²) in [6.45, 7) is 2.75. The van der Waals surface area contributed by atoms with Crippen molar-refractivity contribution in [2.45, 2.75) is 19.9 Å². The van der Waals surface area contributed by atoms with Gasteiger partial charge in [-0.15, -0.1) is 0 Å². The average molecular weight is 334 g/mol. The monoisotopic (exact) mass is 334 g/mol. The molecule has 0 radical (unpaired) electrons. The number of fused-ring (bicyclic) bond motifs is 1. The van der Waals surface area contributed by atoms with Crippen molar-refractivity contribution in [2.24, 2.45) is 0 Å². The Bertz CT molecular complexity index is 986. The molecule has 25 heavy (non-hydrogen) atoms. The molecule has 126 valence electrons. The summed E-state index contributed by atoms with van der Waals surface area (Å²) in [5.41, 5.74) is 2.80. The summed E-state index contributed by atoms with van der Waals surface area (Å²) >= 11 is 0. The Morgan fingerprint density at radius 3 is 2.76 bits per heavy atom. The molecular formula is C20H18N2O3. The van der Waals surface area contributed by atoms with Crippen LogP contribution in [0.1, 0.15) is 27.4 Å². The van der Waals surface area contributed by atoms with E-state index in [4.69, 9.17) is 4.42 Å². The van der Waals surface area contributed by atoms with Gasteiger partial charge >= 0.3 is 0 Å². The standard InChI is InChI=1S/C20H18N2O3/c1-13-9-17(23)16(11-21-13)20(24)22-8-7-15-10-18(25-19(15)12-22)14-5-3-2-4-6-14/h2-6,9-11H,7-8,12H2,1H3,(H,21,23). The highest BCUT2D eigenvalue weighted by Crippen LogP contribution is 2.29. The fourth-order valence-electron chi connectivity index (χ4n) is 3.15. The minimum Gasteiger partial charge on any atom is -0.459 e. The van der Waals surface area contributed by atoms with Crippen LogP contribution in [0.3, 0.4) is 0 Å². The van der Waals surface area contributed by atoms with E-state index in [1.807, 2.05) is 36.4 Å². The smallest absolute Gasteiger partial charge is 0.259 e. The fourth-order valence-corrected chi connectivity index (χ4v) is 3.15. The van der Waals surface area contributed by atoms with Gasteiger partial charge in [0.25, 0.3) is 5.91 Å². The molecule has 3 heterocycles. The zero-order chi connectivity index (χ0) is 17.4. The predicted molar refractivity (Wildman–Crippen MR) is 94.4 cm³/mol. The molecule has 5 heteroatoms. The van der Waals surface area contributed by atoms with E-state index >= 15 is 0 Å². The SMILES string of the molecule is Cc1cc(=O)c(C(=O)N2CCc3cc(-c4ccccc4)oc3C2)c[nH]1. The lowest BCUT2D eigenvalue weighted by Gasteiger charge is -2.25. The fraction of sp³-hybridized carbons (Fsp3) is 0.200. The van der Waals surface area contributed by atoms with Crippen LogP contribution in [0, 0.1) is 6.92 Å². The van der Waals surface area contributed by atoms with Crippen LogP contribution in [-0.2, 0) is 13.0 Å². The minimum absolute atomic E-state index is 0.170. The van der Waals surface area contributed by atoms with Crippen LogP contribution in [0.25, 0.3) is 11.3 Å². The summed E-state index contributed by atoms with van der Waals surface area (Å²) in [7, 11) is 0. The van der Waals surface area contributed by atoms with E-state index in [9.17, 15) is 9.59 Å². The molecule has 0 aliphatic carbocycles. The molecule has 1 aliphatic heterocycles. The summed E-state index contributed by atoms with van der Waals surface area (Å²) in [6.07, 6.45) is 2.22. The second-order valence-electron chi connectivity index (χ2n) is 6.30. The maximum atomic E-state index is 12.7. The highest BCUT2D eigenvalue weighted by Gasteiger charge is 2.26. The van der Waals surface area contributed by atoms with E-state index in [1.54, 1.807) is 11.8 Å². The number of aryl methyl sites for hydroxylation is 1. The van der Waals surface area contributed by atoms with Crippen molar-refractivity contribution in [1.29, 1.82) is 0 Å². The molecule has 0 fully saturated rings. The summed E-state index contributed by atoms with van der Waals surface area (Å²) in [4.78, 5) is 29.4. The van der Waals surface area contributed by atoms with Crippen LogP contribution in [0.5, 0.6) is 0 Å². The number of pyridine rings is 1. The predicted octanol–water partition coefficient (Wildman–Crippen LogP) is 3.14. The Kier molecular flexibility index (Phi) is 3.76. The molecule has 2 aromatic heterocycles. The Hall–Kier alpha value is -3.08. The normalized spacial score (nSPS) is 13.6. The van der Waals surface area contributed by atoms with E-state index in [-0.39, 0.29) is 16.9 Å². The third-order valence-corrected chi connectivity index (χ3v) is 4.52. The molecule has 0 bridgehead atoms. The number of amides is 1. The lowest BCUT2D eigenvalue weighted by atomic mass is 10.1. The maximum absolute atomic E-state index is 12.7. The van der Waals surface area contributed by atoms with Crippen LogP contribution in [0.15, 0.2) is 57.9 Å². The summed E-state index contributed by atoms with van der Waals surface area (Å²) < 4.78 is 5.98. The molecule has 0 unspecified atom stereocenters. The minimum atomic E-state index is -0.260. The molecule has 1 N–H and O–H groups in total. The molecule has 0 spiro atoms. The van der Waals surface area contributed by atoms with Crippen molar-refractivity contribution in [1.82, 2.24) is 9.88 Å². The van der Waals surface area contributed by atoms with Gasteiger partial charge in [0, 0.05) is 30.1 Å². The van der Waals surface area contributed by atoms with Crippen molar-refractivity contribution < 1.29 is 9.21 Å². The number of aromatic amines is 1. The van der Waals surface area contributed by atoms with Crippen molar-refractivity contribution in [3.8, 4) is 11.3 Å². The first-order valence-corrected chi connectivity index (χ1v) is 8.27. The Balaban J connectivity index is 1.60. The number of hydrogen-bond donors (Lipinski definition) is 1. The summed E-state index contributed by atoms with van der Waals surface area (Å²) in [6, 6.07) is 13.4. The quantitative estimate of drug-likeness (QED) is 0.783. The van der Waals surface area contributed by atoms with Gasteiger partial charge in [0.1, 0.15) is 17.1 Å². The van der Waals surface area contributed by atoms with Gasteiger partial charge in [-0.25, -0.2) is 0 Å². The van der Waals surface area contributed by atoms with Gasteiger partial charge in [0.2, 0.25) is 0 Å². The third kappa shape index (κ3) is 2.89. The third-order valence-electron chi connectivity index (χ3n) is 4.52. The van der Waals surface area contributed by atoms with Gasteiger partial charge in [-0.05, 0) is 25.0 Å². The molecule has 4 rings (SSSR count). The van der Waals surface area contributed by atoms with Crippen molar-refractivity contribution in [2.75, 3.05) is 6.54 Å². The van der Waals surface area contributed by atoms with Gasteiger partial charge in [0.15, 0.2) is 5.43 Å². The Labute approximate surface area is 144 Å². The molecule has 1 amide bonds. The van der Waals surface area contributed by atoms with Gasteiger partial charge in [-0.2, -0.15) is 0 Å². The number of carbonyl (C=O) groups is 1. The lowest BCUT2D eigenvalue weighted by molar-refractivity contribution is 0.0718. The highest BCUT2D eigenvalue weighted by atomic mass is 16.3. The van der Waals surface area contributed by atoms with Crippen LogP contribution in [0.2, 0.25) is 0 Å². The van der Waals surface area contributed by atoms with Gasteiger partial charge in [-0.3, -0.25) is 9.59 Å². The van der Waals surface area contributed by atoms with Crippen LogP contribution in [0.4, 0.5) is 0 Å². The van der Waals surface area contributed by atoms with E-state index in [0.29, 0.717) is 13.1 Å². The van der Waals surface area contributed by atoms with Crippen molar-refractivity contribution >= 4 is 5.91 Å². The number of rotatable bonds is 2. The van der Waals surface area contributed by atoms with Crippen molar-refractivity contribution in [3.05, 3.63) is 81.5 Å². The van der Waals surface area contributed by atoms with Crippen molar-refractivity contribution in [3.63, 3.8) is 0 Å². The van der Waals surface area contributed by atoms with Gasteiger partial charge in [0.05, 0.1) is 6.54 Å². The van der Waals surface area contributed by atoms with Crippen LogP contribution < -0.4 is 5.43 Å². The maximum Gasteiger partial charge on any atom is 0.259 e.